The van der Waals surface area contributed by atoms with Crippen molar-refractivity contribution in [2.45, 2.75) is 6.54 Å². The minimum absolute atomic E-state index is 0.590. The van der Waals surface area contributed by atoms with Gasteiger partial charge in [0.15, 0.2) is 5.65 Å². The molecule has 2 aromatic carbocycles. The number of rotatable bonds is 5. The molecule has 146 valence electrons. The summed E-state index contributed by atoms with van der Waals surface area (Å²) in [6, 6.07) is 22.8. The van der Waals surface area contributed by atoms with Crippen LogP contribution >= 0.6 is 0 Å². The van der Waals surface area contributed by atoms with E-state index in [1.165, 1.54) is 5.56 Å². The first kappa shape index (κ1) is 17.8. The highest BCUT2D eigenvalue weighted by Gasteiger charge is 2.12. The summed E-state index contributed by atoms with van der Waals surface area (Å²) in [5.41, 5.74) is 5.33. The van der Waals surface area contributed by atoms with E-state index in [1.54, 1.807) is 0 Å². The van der Waals surface area contributed by atoms with Gasteiger partial charge in [0.05, 0.1) is 13.2 Å². The second-order valence-corrected chi connectivity index (χ2v) is 7.20. The number of morpholine rings is 1. The van der Waals surface area contributed by atoms with E-state index in [9.17, 15) is 0 Å². The molecule has 0 spiro atoms. The third-order valence-electron chi connectivity index (χ3n) is 5.17. The van der Waals surface area contributed by atoms with Crippen molar-refractivity contribution < 1.29 is 4.74 Å². The molecule has 29 heavy (non-hydrogen) atoms. The molecule has 4 aromatic rings. The molecule has 0 radical (unpaired) electrons. The van der Waals surface area contributed by atoms with Crippen LogP contribution in [0.15, 0.2) is 72.9 Å². The molecular formula is C23H23N5O. The van der Waals surface area contributed by atoms with Crippen LogP contribution in [-0.4, -0.2) is 45.8 Å². The molecule has 1 fully saturated rings. The molecule has 0 amide bonds. The molecule has 0 aliphatic carbocycles. The summed E-state index contributed by atoms with van der Waals surface area (Å²) in [7, 11) is 0. The lowest BCUT2D eigenvalue weighted by Gasteiger charge is -2.26. The fourth-order valence-corrected chi connectivity index (χ4v) is 3.64. The van der Waals surface area contributed by atoms with Gasteiger partial charge < -0.3 is 10.1 Å². The molecule has 1 saturated heterocycles. The van der Waals surface area contributed by atoms with Crippen LogP contribution in [0.2, 0.25) is 0 Å². The zero-order valence-electron chi connectivity index (χ0n) is 16.2. The number of pyridine rings is 1. The Hall–Kier alpha value is -3.22. The predicted molar refractivity (Wildman–Crippen MR) is 114 cm³/mol. The van der Waals surface area contributed by atoms with Crippen LogP contribution < -0.4 is 5.32 Å². The van der Waals surface area contributed by atoms with Gasteiger partial charge in [0, 0.05) is 37.1 Å². The van der Waals surface area contributed by atoms with Crippen LogP contribution in [0.5, 0.6) is 0 Å². The van der Waals surface area contributed by atoms with Gasteiger partial charge in [0.2, 0.25) is 5.95 Å². The molecule has 1 aliphatic rings. The predicted octanol–water partition coefficient (Wildman–Crippen LogP) is 3.97. The topological polar surface area (TPSA) is 54.7 Å². The largest absolute Gasteiger partial charge is 0.379 e. The smallest absolute Gasteiger partial charge is 0.247 e. The Balaban J connectivity index is 1.39. The molecule has 6 nitrogen and oxygen atoms in total. The maximum Gasteiger partial charge on any atom is 0.247 e. The Bertz CT molecular complexity index is 1090. The summed E-state index contributed by atoms with van der Waals surface area (Å²) < 4.78 is 7.25. The van der Waals surface area contributed by atoms with Gasteiger partial charge in [-0.25, -0.2) is 4.52 Å². The quantitative estimate of drug-likeness (QED) is 0.563. The molecule has 0 atom stereocenters. The van der Waals surface area contributed by atoms with Crippen molar-refractivity contribution in [2.24, 2.45) is 0 Å². The highest BCUT2D eigenvalue weighted by molar-refractivity contribution is 5.78. The third-order valence-corrected chi connectivity index (χ3v) is 5.17. The van der Waals surface area contributed by atoms with Gasteiger partial charge in [-0.05, 0) is 35.4 Å². The summed E-state index contributed by atoms with van der Waals surface area (Å²) in [6.45, 7) is 4.61. The SMILES string of the molecule is c1ccc(Nc2nc3c(-c4ccc(CN5CCOCC5)cc4)cccn3n2)cc1. The van der Waals surface area contributed by atoms with E-state index in [0.717, 1.165) is 55.3 Å². The van der Waals surface area contributed by atoms with Crippen LogP contribution in [0.4, 0.5) is 11.6 Å². The number of hydrogen-bond acceptors (Lipinski definition) is 5. The fraction of sp³-hybridized carbons (Fsp3) is 0.217. The molecule has 1 N–H and O–H groups in total. The van der Waals surface area contributed by atoms with Crippen molar-refractivity contribution in [1.82, 2.24) is 19.5 Å². The van der Waals surface area contributed by atoms with E-state index in [4.69, 9.17) is 9.72 Å². The number of aromatic nitrogens is 3. The first-order valence-electron chi connectivity index (χ1n) is 9.92. The molecule has 6 heteroatoms. The third kappa shape index (κ3) is 3.99. The average Bonchev–Trinajstić information content (AvgIpc) is 3.18. The number of hydrogen-bond donors (Lipinski definition) is 1. The summed E-state index contributed by atoms with van der Waals surface area (Å²) in [5.74, 6) is 0.590. The number of nitrogens with zero attached hydrogens (tertiary/aromatic N) is 4. The van der Waals surface area contributed by atoms with E-state index in [2.05, 4.69) is 45.6 Å². The lowest BCUT2D eigenvalue weighted by Crippen LogP contribution is -2.35. The van der Waals surface area contributed by atoms with Crippen LogP contribution in [0.3, 0.4) is 0 Å². The molecule has 5 rings (SSSR count). The molecular weight excluding hydrogens is 362 g/mol. The second-order valence-electron chi connectivity index (χ2n) is 7.20. The van der Waals surface area contributed by atoms with E-state index < -0.39 is 0 Å². The first-order valence-corrected chi connectivity index (χ1v) is 9.92. The second kappa shape index (κ2) is 8.03. The van der Waals surface area contributed by atoms with Crippen LogP contribution in [-0.2, 0) is 11.3 Å². The highest BCUT2D eigenvalue weighted by Crippen LogP contribution is 2.25. The standard InChI is InChI=1S/C23H23N5O/c1-2-5-20(6-3-1)24-23-25-22-21(7-4-12-28(22)26-23)19-10-8-18(9-11-19)17-27-13-15-29-16-14-27/h1-12H,13-17H2,(H,24,26). The zero-order valence-corrected chi connectivity index (χ0v) is 16.2. The van der Waals surface area contributed by atoms with Crippen LogP contribution in [0.25, 0.3) is 16.8 Å². The van der Waals surface area contributed by atoms with Crippen LogP contribution in [0.1, 0.15) is 5.56 Å². The van der Waals surface area contributed by atoms with Gasteiger partial charge in [0.1, 0.15) is 0 Å². The normalized spacial score (nSPS) is 14.9. The zero-order chi connectivity index (χ0) is 19.5. The first-order chi connectivity index (χ1) is 14.3. The number of nitrogens with one attached hydrogen (secondary N) is 1. The van der Waals surface area contributed by atoms with Gasteiger partial charge in [0.25, 0.3) is 0 Å². The van der Waals surface area contributed by atoms with Crippen LogP contribution in [0, 0.1) is 0 Å². The van der Waals surface area contributed by atoms with Gasteiger partial charge in [-0.2, -0.15) is 4.98 Å². The molecule has 3 heterocycles. The summed E-state index contributed by atoms with van der Waals surface area (Å²) in [4.78, 5) is 7.15. The monoisotopic (exact) mass is 385 g/mol. The number of ether oxygens (including phenoxy) is 1. The lowest BCUT2D eigenvalue weighted by molar-refractivity contribution is 0.0342. The Labute approximate surface area is 169 Å². The average molecular weight is 385 g/mol. The Morgan fingerprint density at radius 2 is 1.69 bits per heavy atom. The van der Waals surface area contributed by atoms with E-state index in [-0.39, 0.29) is 0 Å². The van der Waals surface area contributed by atoms with Crippen molar-refractivity contribution in [1.29, 1.82) is 0 Å². The van der Waals surface area contributed by atoms with Crippen molar-refractivity contribution in [3.05, 3.63) is 78.5 Å². The summed E-state index contributed by atoms with van der Waals surface area (Å²) >= 11 is 0. The number of fused-ring (bicyclic) bond motifs is 1. The number of para-hydroxylation sites is 1. The van der Waals surface area contributed by atoms with E-state index in [1.807, 2.05) is 47.1 Å². The minimum Gasteiger partial charge on any atom is -0.379 e. The van der Waals surface area contributed by atoms with E-state index in [0.29, 0.717) is 5.95 Å². The molecule has 0 bridgehead atoms. The molecule has 1 aliphatic heterocycles. The summed E-state index contributed by atoms with van der Waals surface area (Å²) in [6.07, 6.45) is 1.93. The minimum atomic E-state index is 0.590. The number of anilines is 2. The highest BCUT2D eigenvalue weighted by atomic mass is 16.5. The lowest BCUT2D eigenvalue weighted by atomic mass is 10.0. The Morgan fingerprint density at radius 3 is 2.48 bits per heavy atom. The Kier molecular flexibility index (Phi) is 4.94. The Morgan fingerprint density at radius 1 is 0.897 bits per heavy atom. The summed E-state index contributed by atoms with van der Waals surface area (Å²) in [5, 5.41) is 7.83. The molecule has 0 saturated carbocycles. The van der Waals surface area contributed by atoms with E-state index >= 15 is 0 Å². The molecule has 2 aromatic heterocycles. The fourth-order valence-electron chi connectivity index (χ4n) is 3.64. The van der Waals surface area contributed by atoms with Crippen molar-refractivity contribution >= 4 is 17.3 Å². The van der Waals surface area contributed by atoms with Crippen molar-refractivity contribution in [3.8, 4) is 11.1 Å². The van der Waals surface area contributed by atoms with Gasteiger partial charge >= 0.3 is 0 Å². The molecule has 0 unspecified atom stereocenters. The van der Waals surface area contributed by atoms with Gasteiger partial charge in [-0.15, -0.1) is 5.10 Å². The number of benzene rings is 2. The van der Waals surface area contributed by atoms with Gasteiger partial charge in [-0.3, -0.25) is 4.90 Å². The van der Waals surface area contributed by atoms with Gasteiger partial charge in [-0.1, -0.05) is 42.5 Å². The van der Waals surface area contributed by atoms with Crippen molar-refractivity contribution in [3.63, 3.8) is 0 Å². The van der Waals surface area contributed by atoms with Crippen molar-refractivity contribution in [2.75, 3.05) is 31.6 Å². The maximum atomic E-state index is 5.43. The maximum absolute atomic E-state index is 5.43.